The monoisotopic (exact) mass is 264 g/mol. The van der Waals surface area contributed by atoms with Gasteiger partial charge in [-0.25, -0.2) is 0 Å². The van der Waals surface area contributed by atoms with Gasteiger partial charge in [-0.15, -0.1) is 0 Å². The van der Waals surface area contributed by atoms with Crippen LogP contribution in [0.3, 0.4) is 0 Å². The molecule has 3 fully saturated rings. The summed E-state index contributed by atoms with van der Waals surface area (Å²) >= 11 is 0. The summed E-state index contributed by atoms with van der Waals surface area (Å²) in [6.45, 7) is 2.33. The van der Waals surface area contributed by atoms with Gasteiger partial charge in [-0.1, -0.05) is 19.8 Å². The molecule has 108 valence electrons. The third kappa shape index (κ3) is 2.67. The number of hydrogen-bond donors (Lipinski definition) is 2. The van der Waals surface area contributed by atoms with Gasteiger partial charge in [0, 0.05) is 12.1 Å². The SMILES string of the molecule is CC1CCCC(NC(=O)C2C3CCC(C3)C2N)CC1. The average molecular weight is 264 g/mol. The zero-order valence-electron chi connectivity index (χ0n) is 12.1. The number of fused-ring (bicyclic) bond motifs is 2. The van der Waals surface area contributed by atoms with Crippen molar-refractivity contribution >= 4 is 5.91 Å². The fourth-order valence-corrected chi connectivity index (χ4v) is 4.65. The molecule has 0 heterocycles. The van der Waals surface area contributed by atoms with E-state index in [1.807, 2.05) is 0 Å². The van der Waals surface area contributed by atoms with Crippen LogP contribution in [-0.4, -0.2) is 18.0 Å². The van der Waals surface area contributed by atoms with Crippen LogP contribution >= 0.6 is 0 Å². The van der Waals surface area contributed by atoms with Gasteiger partial charge in [-0.2, -0.15) is 0 Å². The van der Waals surface area contributed by atoms with Gasteiger partial charge >= 0.3 is 0 Å². The first-order valence-corrected chi connectivity index (χ1v) is 8.21. The van der Waals surface area contributed by atoms with Crippen LogP contribution in [0, 0.1) is 23.7 Å². The Morgan fingerprint density at radius 3 is 2.58 bits per heavy atom. The molecule has 3 saturated carbocycles. The number of rotatable bonds is 2. The summed E-state index contributed by atoms with van der Waals surface area (Å²) in [7, 11) is 0. The molecule has 0 aromatic rings. The molecule has 3 heteroatoms. The summed E-state index contributed by atoms with van der Waals surface area (Å²) in [5.41, 5.74) is 6.26. The summed E-state index contributed by atoms with van der Waals surface area (Å²) < 4.78 is 0. The van der Waals surface area contributed by atoms with E-state index in [0.29, 0.717) is 17.9 Å². The molecule has 19 heavy (non-hydrogen) atoms. The van der Waals surface area contributed by atoms with Gasteiger partial charge in [0.2, 0.25) is 5.91 Å². The van der Waals surface area contributed by atoms with Crippen LogP contribution < -0.4 is 11.1 Å². The van der Waals surface area contributed by atoms with Gasteiger partial charge in [0.05, 0.1) is 5.92 Å². The molecular weight excluding hydrogens is 236 g/mol. The molecule has 0 aromatic heterocycles. The second-order valence-electron chi connectivity index (χ2n) is 7.26. The maximum atomic E-state index is 12.5. The first kappa shape index (κ1) is 13.4. The summed E-state index contributed by atoms with van der Waals surface area (Å²) in [5, 5.41) is 3.32. The second kappa shape index (κ2) is 5.43. The minimum Gasteiger partial charge on any atom is -0.353 e. The van der Waals surface area contributed by atoms with Crippen LogP contribution in [0.2, 0.25) is 0 Å². The normalized spacial score (nSPS) is 46.0. The predicted octanol–water partition coefficient (Wildman–Crippen LogP) is 2.44. The third-order valence-corrected chi connectivity index (χ3v) is 5.89. The van der Waals surface area contributed by atoms with E-state index in [-0.39, 0.29) is 17.9 Å². The van der Waals surface area contributed by atoms with Crippen LogP contribution in [0.25, 0.3) is 0 Å². The first-order valence-electron chi connectivity index (χ1n) is 8.21. The molecular formula is C16H28N2O. The highest BCUT2D eigenvalue weighted by Gasteiger charge is 2.49. The van der Waals surface area contributed by atoms with E-state index in [1.54, 1.807) is 0 Å². The van der Waals surface area contributed by atoms with E-state index in [1.165, 1.54) is 38.5 Å². The Labute approximate surface area is 116 Å². The van der Waals surface area contributed by atoms with Gasteiger partial charge in [-0.3, -0.25) is 4.79 Å². The van der Waals surface area contributed by atoms with Crippen LogP contribution in [0.4, 0.5) is 0 Å². The Hall–Kier alpha value is -0.570. The molecule has 0 aliphatic heterocycles. The molecule has 6 unspecified atom stereocenters. The molecule has 0 saturated heterocycles. The van der Waals surface area contributed by atoms with Gasteiger partial charge in [0.25, 0.3) is 0 Å². The van der Waals surface area contributed by atoms with Crippen molar-refractivity contribution in [3.8, 4) is 0 Å². The van der Waals surface area contributed by atoms with Crippen molar-refractivity contribution in [2.75, 3.05) is 0 Å². The van der Waals surface area contributed by atoms with E-state index >= 15 is 0 Å². The molecule has 1 amide bonds. The van der Waals surface area contributed by atoms with Crippen LogP contribution in [-0.2, 0) is 4.79 Å². The summed E-state index contributed by atoms with van der Waals surface area (Å²) in [5.74, 6) is 2.39. The van der Waals surface area contributed by atoms with Gasteiger partial charge in [0.15, 0.2) is 0 Å². The maximum Gasteiger partial charge on any atom is 0.225 e. The molecule has 3 aliphatic rings. The molecule has 0 aromatic carbocycles. The summed E-state index contributed by atoms with van der Waals surface area (Å²) in [6, 6.07) is 0.534. The molecule has 3 aliphatic carbocycles. The van der Waals surface area contributed by atoms with Gasteiger partial charge in [-0.05, 0) is 56.3 Å². The minimum absolute atomic E-state index is 0.111. The molecule has 0 spiro atoms. The van der Waals surface area contributed by atoms with E-state index in [4.69, 9.17) is 5.73 Å². The molecule has 6 atom stereocenters. The highest BCUT2D eigenvalue weighted by atomic mass is 16.2. The number of carbonyl (C=O) groups is 1. The Kier molecular flexibility index (Phi) is 3.84. The fourth-order valence-electron chi connectivity index (χ4n) is 4.65. The molecule has 3 rings (SSSR count). The number of nitrogens with one attached hydrogen (secondary N) is 1. The van der Waals surface area contributed by atoms with Crippen molar-refractivity contribution in [1.82, 2.24) is 5.32 Å². The number of amides is 1. The quantitative estimate of drug-likeness (QED) is 0.753. The third-order valence-electron chi connectivity index (χ3n) is 5.89. The fraction of sp³-hybridized carbons (Fsp3) is 0.938. The van der Waals surface area contributed by atoms with E-state index in [0.717, 1.165) is 18.8 Å². The van der Waals surface area contributed by atoms with Crippen LogP contribution in [0.1, 0.15) is 58.3 Å². The Morgan fingerprint density at radius 1 is 1.05 bits per heavy atom. The molecule has 0 radical (unpaired) electrons. The first-order chi connectivity index (χ1) is 9.15. The lowest BCUT2D eigenvalue weighted by Gasteiger charge is -2.29. The number of hydrogen-bond acceptors (Lipinski definition) is 2. The van der Waals surface area contributed by atoms with Crippen molar-refractivity contribution in [2.24, 2.45) is 29.4 Å². The van der Waals surface area contributed by atoms with E-state index < -0.39 is 0 Å². The largest absolute Gasteiger partial charge is 0.353 e. The lowest BCUT2D eigenvalue weighted by Crippen LogP contribution is -2.48. The highest BCUT2D eigenvalue weighted by molar-refractivity contribution is 5.80. The topological polar surface area (TPSA) is 55.1 Å². The molecule has 3 nitrogen and oxygen atoms in total. The van der Waals surface area contributed by atoms with Crippen molar-refractivity contribution in [3.63, 3.8) is 0 Å². The smallest absolute Gasteiger partial charge is 0.225 e. The van der Waals surface area contributed by atoms with Gasteiger partial charge in [0.1, 0.15) is 0 Å². The summed E-state index contributed by atoms with van der Waals surface area (Å²) in [6.07, 6.45) is 9.81. The Morgan fingerprint density at radius 2 is 1.84 bits per heavy atom. The number of nitrogens with two attached hydrogens (primary N) is 1. The maximum absolute atomic E-state index is 12.5. The summed E-state index contributed by atoms with van der Waals surface area (Å²) in [4.78, 5) is 12.5. The van der Waals surface area contributed by atoms with E-state index in [9.17, 15) is 4.79 Å². The molecule has 2 bridgehead atoms. The van der Waals surface area contributed by atoms with E-state index in [2.05, 4.69) is 12.2 Å². The van der Waals surface area contributed by atoms with Crippen molar-refractivity contribution < 1.29 is 4.79 Å². The Balaban J connectivity index is 1.56. The van der Waals surface area contributed by atoms with Crippen LogP contribution in [0.5, 0.6) is 0 Å². The minimum atomic E-state index is 0.111. The van der Waals surface area contributed by atoms with Crippen molar-refractivity contribution in [1.29, 1.82) is 0 Å². The lowest BCUT2D eigenvalue weighted by molar-refractivity contribution is -0.127. The van der Waals surface area contributed by atoms with Crippen molar-refractivity contribution in [2.45, 2.75) is 70.4 Å². The number of carbonyl (C=O) groups excluding carboxylic acids is 1. The van der Waals surface area contributed by atoms with Gasteiger partial charge < -0.3 is 11.1 Å². The lowest BCUT2D eigenvalue weighted by atomic mass is 9.84. The van der Waals surface area contributed by atoms with Crippen LogP contribution in [0.15, 0.2) is 0 Å². The molecule has 3 N–H and O–H groups in total. The predicted molar refractivity (Wildman–Crippen MR) is 76.5 cm³/mol. The average Bonchev–Trinajstić information content (AvgIpc) is 2.90. The zero-order chi connectivity index (χ0) is 13.4. The zero-order valence-corrected chi connectivity index (χ0v) is 12.1. The highest BCUT2D eigenvalue weighted by Crippen LogP contribution is 2.47. The van der Waals surface area contributed by atoms with Crippen molar-refractivity contribution in [3.05, 3.63) is 0 Å². The standard InChI is InChI=1S/C16H28N2O/c1-10-3-2-4-13(8-5-10)18-16(19)14-11-6-7-12(9-11)15(14)17/h10-15H,2-9,17H2,1H3,(H,18,19). The Bertz CT molecular complexity index is 342. The second-order valence-corrected chi connectivity index (χ2v) is 7.26.